The lowest BCUT2D eigenvalue weighted by atomic mass is 10.1. The Labute approximate surface area is 144 Å². The van der Waals surface area contributed by atoms with Crippen molar-refractivity contribution in [2.45, 2.75) is 12.8 Å². The molecule has 1 aliphatic heterocycles. The van der Waals surface area contributed by atoms with Gasteiger partial charge in [-0.25, -0.2) is 22.2 Å². The highest BCUT2D eigenvalue weighted by atomic mass is 32.2. The molecule has 1 aromatic heterocycles. The molecule has 26 heavy (non-hydrogen) atoms. The van der Waals surface area contributed by atoms with Gasteiger partial charge in [0.15, 0.2) is 5.82 Å². The number of ether oxygens (including phenoxy) is 1. The molecule has 0 spiro atoms. The number of benzene rings is 1. The molecule has 0 atom stereocenters. The Morgan fingerprint density at radius 3 is 2.69 bits per heavy atom. The number of aromatic hydroxyl groups is 1. The molecule has 0 unspecified atom stereocenters. The van der Waals surface area contributed by atoms with Crippen LogP contribution in [0.15, 0.2) is 12.1 Å². The van der Waals surface area contributed by atoms with Gasteiger partial charge in [0.1, 0.15) is 23.5 Å². The van der Waals surface area contributed by atoms with Crippen molar-refractivity contribution in [2.75, 3.05) is 17.5 Å². The van der Waals surface area contributed by atoms with Gasteiger partial charge in [0.2, 0.25) is 12.3 Å². The number of aromatic nitrogens is 2. The summed E-state index contributed by atoms with van der Waals surface area (Å²) in [5.41, 5.74) is -0.872. The monoisotopic (exact) mass is 392 g/mol. The highest BCUT2D eigenvalue weighted by molar-refractivity contribution is 7.92. The van der Waals surface area contributed by atoms with Gasteiger partial charge in [0, 0.05) is 23.9 Å². The lowest BCUT2D eigenvalue weighted by Gasteiger charge is -2.18. The van der Waals surface area contributed by atoms with Crippen molar-refractivity contribution >= 4 is 32.7 Å². The normalized spacial score (nSPS) is 16.3. The number of hydrogen-bond donors (Lipinski definition) is 2. The van der Waals surface area contributed by atoms with E-state index < -0.39 is 52.8 Å². The number of phenols is 1. The molecular formula is C13H11F3N4O5S. The first-order valence-electron chi connectivity index (χ1n) is 7.12. The number of fused-ring (bicyclic) bond motifs is 1. The molecule has 1 amide bonds. The SMILES string of the molecule is O=C1CN(c2c(O)cc3nnc(OCCC(F)F)cc3c2F)S(=O)(=O)N1. The second kappa shape index (κ2) is 6.48. The molecule has 140 valence electrons. The highest BCUT2D eigenvalue weighted by Gasteiger charge is 2.38. The van der Waals surface area contributed by atoms with Crippen LogP contribution in [0.2, 0.25) is 0 Å². The fourth-order valence-corrected chi connectivity index (χ4v) is 3.47. The number of phenolic OH excluding ortho intramolecular Hbond substituents is 1. The number of carbonyl (C=O) groups is 1. The van der Waals surface area contributed by atoms with Crippen molar-refractivity contribution in [1.82, 2.24) is 14.9 Å². The van der Waals surface area contributed by atoms with E-state index in [9.17, 15) is 31.5 Å². The third-order valence-corrected chi connectivity index (χ3v) is 4.79. The molecule has 1 fully saturated rings. The summed E-state index contributed by atoms with van der Waals surface area (Å²) in [6, 6.07) is 1.99. The third-order valence-electron chi connectivity index (χ3n) is 3.42. The van der Waals surface area contributed by atoms with Gasteiger partial charge >= 0.3 is 10.2 Å². The number of nitrogens with one attached hydrogen (secondary N) is 1. The van der Waals surface area contributed by atoms with Crippen LogP contribution in [0.1, 0.15) is 6.42 Å². The summed E-state index contributed by atoms with van der Waals surface area (Å²) in [4.78, 5) is 11.3. The van der Waals surface area contributed by atoms with E-state index in [0.29, 0.717) is 4.31 Å². The number of alkyl halides is 2. The molecule has 0 bridgehead atoms. The molecule has 3 rings (SSSR count). The van der Waals surface area contributed by atoms with Gasteiger partial charge in [-0.05, 0) is 0 Å². The van der Waals surface area contributed by atoms with Gasteiger partial charge in [0.25, 0.3) is 5.91 Å². The van der Waals surface area contributed by atoms with E-state index in [4.69, 9.17) is 4.74 Å². The Balaban J connectivity index is 2.04. The Morgan fingerprint density at radius 1 is 1.35 bits per heavy atom. The van der Waals surface area contributed by atoms with Crippen LogP contribution in [0.5, 0.6) is 11.6 Å². The number of nitrogens with zero attached hydrogens (tertiary/aromatic N) is 3. The zero-order chi connectivity index (χ0) is 19.1. The Hall–Kier alpha value is -2.83. The van der Waals surface area contributed by atoms with Crippen LogP contribution >= 0.6 is 0 Å². The van der Waals surface area contributed by atoms with Crippen LogP contribution in [0.3, 0.4) is 0 Å². The van der Waals surface area contributed by atoms with E-state index in [1.165, 1.54) is 0 Å². The summed E-state index contributed by atoms with van der Waals surface area (Å²) >= 11 is 0. The van der Waals surface area contributed by atoms with Gasteiger partial charge in [-0.1, -0.05) is 0 Å². The standard InChI is InChI=1S/C13H11F3N4O5S/c14-9(15)1-2-25-11-3-6-7(17-18-11)4-8(21)13(12(6)16)20-5-10(22)19-26(20,23)24/h3-4,9,21H,1-2,5H2,(H,19,22). The van der Waals surface area contributed by atoms with Gasteiger partial charge in [-0.3, -0.25) is 4.79 Å². The fraction of sp³-hybridized carbons (Fsp3) is 0.308. The number of halogens is 3. The average Bonchev–Trinajstić information content (AvgIpc) is 2.80. The maximum atomic E-state index is 14.8. The van der Waals surface area contributed by atoms with Crippen LogP contribution < -0.4 is 13.8 Å². The first-order chi connectivity index (χ1) is 12.2. The van der Waals surface area contributed by atoms with E-state index in [2.05, 4.69) is 10.2 Å². The molecule has 0 saturated carbocycles. The van der Waals surface area contributed by atoms with Crippen molar-refractivity contribution in [3.05, 3.63) is 17.9 Å². The molecule has 0 radical (unpaired) electrons. The summed E-state index contributed by atoms with van der Waals surface area (Å²) in [5, 5.41) is 16.9. The molecular weight excluding hydrogens is 381 g/mol. The van der Waals surface area contributed by atoms with E-state index >= 15 is 0 Å². The molecule has 2 heterocycles. The van der Waals surface area contributed by atoms with Gasteiger partial charge in [-0.15, -0.1) is 10.2 Å². The number of hydrogen-bond acceptors (Lipinski definition) is 7. The van der Waals surface area contributed by atoms with Gasteiger partial charge < -0.3 is 9.84 Å². The second-order valence-corrected chi connectivity index (χ2v) is 6.83. The minimum absolute atomic E-state index is 0.124. The summed E-state index contributed by atoms with van der Waals surface area (Å²) in [7, 11) is -4.35. The molecule has 13 heteroatoms. The molecule has 1 aromatic carbocycles. The lowest BCUT2D eigenvalue weighted by molar-refractivity contribution is -0.117. The zero-order valence-electron chi connectivity index (χ0n) is 12.8. The second-order valence-electron chi connectivity index (χ2n) is 5.24. The minimum Gasteiger partial charge on any atom is -0.506 e. The molecule has 9 nitrogen and oxygen atoms in total. The van der Waals surface area contributed by atoms with Crippen LogP contribution in [0.25, 0.3) is 10.9 Å². The fourth-order valence-electron chi connectivity index (χ4n) is 2.31. The predicted octanol–water partition coefficient (Wildman–Crippen LogP) is 0.690. The van der Waals surface area contributed by atoms with Crippen LogP contribution in [0.4, 0.5) is 18.9 Å². The van der Waals surface area contributed by atoms with E-state index in [0.717, 1.165) is 12.1 Å². The van der Waals surface area contributed by atoms with Gasteiger partial charge in [0.05, 0.1) is 6.61 Å². The molecule has 0 aliphatic carbocycles. The van der Waals surface area contributed by atoms with Crippen molar-refractivity contribution in [1.29, 1.82) is 0 Å². The summed E-state index contributed by atoms with van der Waals surface area (Å²) < 4.78 is 69.8. The smallest absolute Gasteiger partial charge is 0.326 e. The van der Waals surface area contributed by atoms with Crippen molar-refractivity contribution in [3.8, 4) is 11.6 Å². The molecule has 2 N–H and O–H groups in total. The lowest BCUT2D eigenvalue weighted by Crippen LogP contribution is -2.30. The van der Waals surface area contributed by atoms with E-state index in [1.54, 1.807) is 4.72 Å². The Kier molecular flexibility index (Phi) is 4.48. The third kappa shape index (κ3) is 3.29. The molecule has 1 saturated heterocycles. The quantitative estimate of drug-likeness (QED) is 0.768. The van der Waals surface area contributed by atoms with E-state index in [-0.39, 0.29) is 23.4 Å². The Bertz CT molecular complexity index is 985. The maximum Gasteiger partial charge on any atom is 0.326 e. The first-order valence-corrected chi connectivity index (χ1v) is 8.56. The summed E-state index contributed by atoms with van der Waals surface area (Å²) in [5.74, 6) is -3.11. The Morgan fingerprint density at radius 2 is 2.08 bits per heavy atom. The van der Waals surface area contributed by atoms with E-state index in [1.807, 2.05) is 0 Å². The number of carbonyl (C=O) groups excluding carboxylic acids is 1. The maximum absolute atomic E-state index is 14.8. The highest BCUT2D eigenvalue weighted by Crippen LogP contribution is 2.38. The number of rotatable bonds is 5. The predicted molar refractivity (Wildman–Crippen MR) is 81.7 cm³/mol. The molecule has 1 aliphatic rings. The van der Waals surface area contributed by atoms with Crippen molar-refractivity contribution < 1.29 is 36.2 Å². The largest absolute Gasteiger partial charge is 0.506 e. The van der Waals surface area contributed by atoms with Gasteiger partial charge in [-0.2, -0.15) is 8.42 Å². The number of anilines is 1. The van der Waals surface area contributed by atoms with Crippen LogP contribution in [0, 0.1) is 5.82 Å². The number of amides is 1. The minimum atomic E-state index is -4.35. The zero-order valence-corrected chi connectivity index (χ0v) is 13.6. The summed E-state index contributed by atoms with van der Waals surface area (Å²) in [6.07, 6.45) is -3.16. The van der Waals surface area contributed by atoms with Crippen molar-refractivity contribution in [3.63, 3.8) is 0 Å². The molecule has 2 aromatic rings. The van der Waals surface area contributed by atoms with Crippen molar-refractivity contribution in [2.24, 2.45) is 0 Å². The average molecular weight is 392 g/mol. The first kappa shape index (κ1) is 18.0. The summed E-state index contributed by atoms with van der Waals surface area (Å²) in [6.45, 7) is -1.10. The topological polar surface area (TPSA) is 122 Å². The van der Waals surface area contributed by atoms with Crippen LogP contribution in [-0.4, -0.2) is 49.2 Å². The van der Waals surface area contributed by atoms with Crippen LogP contribution in [-0.2, 0) is 15.0 Å².